The molecular formula is C6H13NOS. The molecule has 0 heterocycles. The molecule has 1 unspecified atom stereocenters. The van der Waals surface area contributed by atoms with Crippen molar-refractivity contribution in [1.29, 1.82) is 0 Å². The zero-order valence-corrected chi connectivity index (χ0v) is 6.78. The Morgan fingerprint density at radius 1 is 1.67 bits per heavy atom. The minimum Gasteiger partial charge on any atom is -0.250 e. The molecular weight excluding hydrogens is 134 g/mol. The lowest BCUT2D eigenvalue weighted by molar-refractivity contribution is 0.678. The first-order valence-corrected chi connectivity index (χ1v) is 5.32. The van der Waals surface area contributed by atoms with Crippen molar-refractivity contribution in [1.82, 2.24) is 0 Å². The van der Waals surface area contributed by atoms with Crippen molar-refractivity contribution < 1.29 is 4.21 Å². The Morgan fingerprint density at radius 3 is 2.56 bits per heavy atom. The maximum atomic E-state index is 11.4. The van der Waals surface area contributed by atoms with E-state index in [1.807, 2.05) is 6.92 Å². The molecule has 1 fully saturated rings. The molecule has 1 saturated carbocycles. The summed E-state index contributed by atoms with van der Waals surface area (Å²) in [4.78, 5) is 0. The predicted molar refractivity (Wildman–Crippen MR) is 40.1 cm³/mol. The molecule has 0 N–H and O–H groups in total. The summed E-state index contributed by atoms with van der Waals surface area (Å²) >= 11 is 0. The lowest BCUT2D eigenvalue weighted by atomic mass is 10.8. The van der Waals surface area contributed by atoms with Gasteiger partial charge in [0.05, 0.1) is 0 Å². The van der Waals surface area contributed by atoms with Gasteiger partial charge in [0.15, 0.2) is 0 Å². The van der Waals surface area contributed by atoms with Gasteiger partial charge in [0.2, 0.25) is 0 Å². The van der Waals surface area contributed by atoms with E-state index < -0.39 is 9.73 Å². The number of rotatable bonds is 2. The van der Waals surface area contributed by atoms with Crippen molar-refractivity contribution in [3.05, 3.63) is 0 Å². The fourth-order valence-corrected chi connectivity index (χ4v) is 2.60. The molecule has 54 valence electrons. The Bertz CT molecular complexity index is 199. The summed E-state index contributed by atoms with van der Waals surface area (Å²) in [5, 5.41) is 0.428. The first-order valence-electron chi connectivity index (χ1n) is 3.33. The van der Waals surface area contributed by atoms with Crippen LogP contribution >= 0.6 is 0 Å². The molecule has 0 radical (unpaired) electrons. The van der Waals surface area contributed by atoms with Gasteiger partial charge in [-0.05, 0) is 19.8 Å². The van der Waals surface area contributed by atoms with Gasteiger partial charge in [-0.3, -0.25) is 0 Å². The van der Waals surface area contributed by atoms with E-state index in [-0.39, 0.29) is 0 Å². The average Bonchev–Trinajstić information content (AvgIpc) is 2.41. The summed E-state index contributed by atoms with van der Waals surface area (Å²) < 4.78 is 15.4. The highest BCUT2D eigenvalue weighted by molar-refractivity contribution is 7.93. The van der Waals surface area contributed by atoms with Crippen LogP contribution in [0.2, 0.25) is 0 Å². The van der Waals surface area contributed by atoms with Crippen LogP contribution in [0, 0.1) is 0 Å². The molecule has 0 amide bonds. The van der Waals surface area contributed by atoms with Gasteiger partial charge in [0.25, 0.3) is 0 Å². The zero-order chi connectivity index (χ0) is 6.91. The Hall–Kier alpha value is -0.0500. The van der Waals surface area contributed by atoms with E-state index in [0.29, 0.717) is 11.8 Å². The topological polar surface area (TPSA) is 29.4 Å². The van der Waals surface area contributed by atoms with Gasteiger partial charge in [-0.2, -0.15) is 0 Å². The lowest BCUT2D eigenvalue weighted by Crippen LogP contribution is -2.02. The van der Waals surface area contributed by atoms with E-state index in [9.17, 15) is 4.21 Å². The maximum absolute atomic E-state index is 11.4. The smallest absolute Gasteiger partial charge is 0.0467 e. The highest BCUT2D eigenvalue weighted by Crippen LogP contribution is 2.28. The highest BCUT2D eigenvalue weighted by Gasteiger charge is 2.29. The summed E-state index contributed by atoms with van der Waals surface area (Å²) in [6.07, 6.45) is 4.02. The van der Waals surface area contributed by atoms with Crippen LogP contribution in [0.5, 0.6) is 0 Å². The molecule has 1 rings (SSSR count). The monoisotopic (exact) mass is 147 g/mol. The van der Waals surface area contributed by atoms with E-state index in [1.165, 1.54) is 0 Å². The minimum absolute atomic E-state index is 0.428. The van der Waals surface area contributed by atoms with Crippen LogP contribution in [0.1, 0.15) is 19.8 Å². The Morgan fingerprint density at radius 2 is 2.22 bits per heavy atom. The molecule has 0 aromatic heterocycles. The van der Waals surface area contributed by atoms with Crippen LogP contribution < -0.4 is 0 Å². The van der Waals surface area contributed by atoms with Crippen LogP contribution in [-0.2, 0) is 9.73 Å². The molecule has 0 aromatic rings. The largest absolute Gasteiger partial charge is 0.250 e. The van der Waals surface area contributed by atoms with Gasteiger partial charge in [-0.25, -0.2) is 8.57 Å². The third kappa shape index (κ3) is 1.68. The van der Waals surface area contributed by atoms with Crippen LogP contribution in [0.3, 0.4) is 0 Å². The summed E-state index contributed by atoms with van der Waals surface area (Å²) in [6, 6.07) is 0. The molecule has 0 aromatic carbocycles. The fraction of sp³-hybridized carbons (Fsp3) is 1.00. The molecule has 9 heavy (non-hydrogen) atoms. The minimum atomic E-state index is -1.76. The van der Waals surface area contributed by atoms with Gasteiger partial charge in [0, 0.05) is 27.8 Å². The van der Waals surface area contributed by atoms with Crippen LogP contribution in [0.25, 0.3) is 0 Å². The van der Waals surface area contributed by atoms with Gasteiger partial charge < -0.3 is 0 Å². The van der Waals surface area contributed by atoms with Crippen LogP contribution in [0.15, 0.2) is 4.36 Å². The second kappa shape index (κ2) is 2.29. The summed E-state index contributed by atoms with van der Waals surface area (Å²) in [5.41, 5.74) is 0. The standard InChI is InChI=1S/C6H13NOS/c1-3-7-9(2,8)6-4-5-6/h6H,3-5H2,1-2H3. The Labute approximate surface area is 56.8 Å². The number of hydrogen-bond acceptors (Lipinski definition) is 2. The first kappa shape index (κ1) is 7.06. The predicted octanol–water partition coefficient (Wildman–Crippen LogP) is 1.27. The third-order valence-corrected chi connectivity index (χ3v) is 4.01. The van der Waals surface area contributed by atoms with Crippen molar-refractivity contribution in [2.45, 2.75) is 25.0 Å². The normalized spacial score (nSPS) is 25.1. The average molecular weight is 147 g/mol. The van der Waals surface area contributed by atoms with Gasteiger partial charge in [-0.1, -0.05) is 0 Å². The van der Waals surface area contributed by atoms with Crippen LogP contribution in [-0.4, -0.2) is 22.3 Å². The van der Waals surface area contributed by atoms with E-state index in [1.54, 1.807) is 6.26 Å². The first-order chi connectivity index (χ1) is 4.17. The van der Waals surface area contributed by atoms with Crippen molar-refractivity contribution in [3.63, 3.8) is 0 Å². The second-order valence-electron chi connectivity index (χ2n) is 2.51. The van der Waals surface area contributed by atoms with E-state index >= 15 is 0 Å². The van der Waals surface area contributed by atoms with Crippen LogP contribution in [0.4, 0.5) is 0 Å². The number of nitrogens with zero attached hydrogens (tertiary/aromatic N) is 1. The zero-order valence-electron chi connectivity index (χ0n) is 5.96. The third-order valence-electron chi connectivity index (χ3n) is 1.53. The molecule has 1 aliphatic rings. The molecule has 0 spiro atoms. The summed E-state index contributed by atoms with van der Waals surface area (Å²) in [5.74, 6) is 0. The van der Waals surface area contributed by atoms with E-state index in [0.717, 1.165) is 12.8 Å². The highest BCUT2D eigenvalue weighted by atomic mass is 32.2. The van der Waals surface area contributed by atoms with Crippen molar-refractivity contribution in [2.75, 3.05) is 12.8 Å². The molecule has 0 saturated heterocycles. The molecule has 2 nitrogen and oxygen atoms in total. The molecule has 1 aliphatic carbocycles. The molecule has 0 aliphatic heterocycles. The molecule has 3 heteroatoms. The van der Waals surface area contributed by atoms with E-state index in [4.69, 9.17) is 0 Å². The fourth-order valence-electron chi connectivity index (χ4n) is 0.867. The SMILES string of the molecule is CCN=S(C)(=O)C1CC1. The van der Waals surface area contributed by atoms with Crippen molar-refractivity contribution in [3.8, 4) is 0 Å². The lowest BCUT2D eigenvalue weighted by Gasteiger charge is -1.97. The second-order valence-corrected chi connectivity index (χ2v) is 5.15. The molecule has 0 bridgehead atoms. The van der Waals surface area contributed by atoms with Gasteiger partial charge in [-0.15, -0.1) is 0 Å². The Balaban J connectivity index is 2.71. The maximum Gasteiger partial charge on any atom is 0.0467 e. The van der Waals surface area contributed by atoms with Gasteiger partial charge in [0.1, 0.15) is 0 Å². The van der Waals surface area contributed by atoms with Crippen molar-refractivity contribution in [2.24, 2.45) is 4.36 Å². The van der Waals surface area contributed by atoms with Gasteiger partial charge >= 0.3 is 0 Å². The summed E-state index contributed by atoms with van der Waals surface area (Å²) in [6.45, 7) is 2.64. The number of hydrogen-bond donors (Lipinski definition) is 0. The van der Waals surface area contributed by atoms with E-state index in [2.05, 4.69) is 4.36 Å². The summed E-state index contributed by atoms with van der Waals surface area (Å²) in [7, 11) is -1.76. The van der Waals surface area contributed by atoms with Crippen molar-refractivity contribution >= 4 is 9.73 Å². The Kier molecular flexibility index (Phi) is 1.80. The quantitative estimate of drug-likeness (QED) is 0.578. The molecule has 1 atom stereocenters.